The molecule has 0 heterocycles. The summed E-state index contributed by atoms with van der Waals surface area (Å²) in [5.74, 6) is -0.234. The van der Waals surface area contributed by atoms with Crippen molar-refractivity contribution >= 4 is 44.8 Å². The Morgan fingerprint density at radius 1 is 1.29 bits per heavy atom. The summed E-state index contributed by atoms with van der Waals surface area (Å²) in [7, 11) is 0. The van der Waals surface area contributed by atoms with Crippen molar-refractivity contribution in [2.24, 2.45) is 0 Å². The molecule has 1 amide bonds. The molecule has 0 fully saturated rings. The van der Waals surface area contributed by atoms with Crippen molar-refractivity contribution in [1.82, 2.24) is 0 Å². The van der Waals surface area contributed by atoms with Gasteiger partial charge >= 0.3 is 0 Å². The Hall–Kier alpha value is -1.56. The van der Waals surface area contributed by atoms with Crippen molar-refractivity contribution < 1.29 is 9.53 Å². The highest BCUT2D eigenvalue weighted by Gasteiger charge is 2.06. The Bertz CT molecular complexity index is 649. The van der Waals surface area contributed by atoms with Gasteiger partial charge in [-0.25, -0.2) is 0 Å². The molecular weight excluding hydrogens is 356 g/mol. The first-order valence-corrected chi connectivity index (χ1v) is 7.39. The van der Waals surface area contributed by atoms with E-state index in [2.05, 4.69) is 21.2 Å². The van der Waals surface area contributed by atoms with Crippen LogP contribution in [0.25, 0.3) is 0 Å². The second-order valence-electron chi connectivity index (χ2n) is 4.41. The van der Waals surface area contributed by atoms with E-state index in [9.17, 15) is 4.79 Å². The van der Waals surface area contributed by atoms with E-state index in [4.69, 9.17) is 22.1 Å². The second kappa shape index (κ2) is 7.45. The minimum absolute atomic E-state index is 0.0384. The third kappa shape index (κ3) is 5.04. The number of carbonyl (C=O) groups excluding carboxylic acids is 1. The number of nitrogen functional groups attached to an aromatic ring is 1. The van der Waals surface area contributed by atoms with E-state index in [0.29, 0.717) is 23.0 Å². The third-order valence-corrected chi connectivity index (χ3v) is 3.55. The van der Waals surface area contributed by atoms with Crippen LogP contribution in [-0.2, 0) is 16.1 Å². The monoisotopic (exact) mass is 368 g/mol. The SMILES string of the molecule is Nc1ccc(NC(=O)COCc2cccc(Cl)c2)c(Br)c1. The van der Waals surface area contributed by atoms with Crippen molar-refractivity contribution in [1.29, 1.82) is 0 Å². The van der Waals surface area contributed by atoms with Gasteiger partial charge in [-0.1, -0.05) is 23.7 Å². The second-order valence-corrected chi connectivity index (χ2v) is 5.70. The molecule has 6 heteroatoms. The average molecular weight is 370 g/mol. The molecule has 0 aliphatic heterocycles. The molecule has 110 valence electrons. The van der Waals surface area contributed by atoms with E-state index in [0.717, 1.165) is 10.0 Å². The number of ether oxygens (including phenoxy) is 1. The summed E-state index contributed by atoms with van der Waals surface area (Å²) in [6.45, 7) is 0.292. The van der Waals surface area contributed by atoms with Gasteiger partial charge in [0.05, 0.1) is 12.3 Å². The van der Waals surface area contributed by atoms with E-state index >= 15 is 0 Å². The fourth-order valence-corrected chi connectivity index (χ4v) is 2.42. The van der Waals surface area contributed by atoms with E-state index in [1.165, 1.54) is 0 Å². The fourth-order valence-electron chi connectivity index (χ4n) is 1.71. The molecule has 0 unspecified atom stereocenters. The van der Waals surface area contributed by atoms with Crippen LogP contribution in [0.1, 0.15) is 5.56 Å². The molecule has 0 atom stereocenters. The minimum atomic E-state index is -0.234. The van der Waals surface area contributed by atoms with Crippen molar-refractivity contribution in [3.63, 3.8) is 0 Å². The normalized spacial score (nSPS) is 10.4. The zero-order valence-corrected chi connectivity index (χ0v) is 13.4. The van der Waals surface area contributed by atoms with Gasteiger partial charge in [0.2, 0.25) is 5.91 Å². The maximum atomic E-state index is 11.8. The number of hydrogen-bond donors (Lipinski definition) is 2. The van der Waals surface area contributed by atoms with Crippen molar-refractivity contribution in [3.05, 3.63) is 57.5 Å². The first kappa shape index (κ1) is 15.8. The molecule has 2 aromatic carbocycles. The lowest BCUT2D eigenvalue weighted by Crippen LogP contribution is -2.18. The molecular formula is C15H14BrClN2O2. The number of rotatable bonds is 5. The standard InChI is InChI=1S/C15H14BrClN2O2/c16-13-7-12(18)4-5-14(13)19-15(20)9-21-8-10-2-1-3-11(17)6-10/h1-7H,8-9,18H2,(H,19,20). The summed E-state index contributed by atoms with van der Waals surface area (Å²) < 4.78 is 6.09. The summed E-state index contributed by atoms with van der Waals surface area (Å²) in [5, 5.41) is 3.39. The predicted molar refractivity (Wildman–Crippen MR) is 88.3 cm³/mol. The van der Waals surface area contributed by atoms with Crippen LogP contribution in [-0.4, -0.2) is 12.5 Å². The van der Waals surface area contributed by atoms with E-state index in [-0.39, 0.29) is 12.5 Å². The summed E-state index contributed by atoms with van der Waals surface area (Å²) >= 11 is 9.21. The van der Waals surface area contributed by atoms with Crippen LogP contribution in [0.15, 0.2) is 46.9 Å². The molecule has 2 rings (SSSR count). The molecule has 0 spiro atoms. The quantitative estimate of drug-likeness (QED) is 0.787. The molecule has 0 radical (unpaired) electrons. The number of hydrogen-bond acceptors (Lipinski definition) is 3. The first-order valence-electron chi connectivity index (χ1n) is 6.21. The summed E-state index contributed by atoms with van der Waals surface area (Å²) in [6.07, 6.45) is 0. The number of amides is 1. The summed E-state index contributed by atoms with van der Waals surface area (Å²) in [4.78, 5) is 11.8. The largest absolute Gasteiger partial charge is 0.399 e. The molecule has 0 aliphatic rings. The zero-order chi connectivity index (χ0) is 15.2. The summed E-state index contributed by atoms with van der Waals surface area (Å²) in [5.41, 5.74) is 7.83. The average Bonchev–Trinajstić information content (AvgIpc) is 2.42. The Morgan fingerprint density at radius 2 is 2.10 bits per heavy atom. The van der Waals surface area contributed by atoms with Crippen LogP contribution >= 0.6 is 27.5 Å². The topological polar surface area (TPSA) is 64.3 Å². The number of nitrogens with one attached hydrogen (secondary N) is 1. The van der Waals surface area contributed by atoms with Crippen LogP contribution in [0.2, 0.25) is 5.02 Å². The van der Waals surface area contributed by atoms with Gasteiger partial charge in [-0.05, 0) is 51.8 Å². The molecule has 3 N–H and O–H groups in total. The van der Waals surface area contributed by atoms with Crippen LogP contribution in [0, 0.1) is 0 Å². The Labute approximate surface area is 136 Å². The maximum absolute atomic E-state index is 11.8. The van der Waals surface area contributed by atoms with Gasteiger partial charge in [0.15, 0.2) is 0 Å². The van der Waals surface area contributed by atoms with Gasteiger partial charge < -0.3 is 15.8 Å². The molecule has 0 aliphatic carbocycles. The first-order chi connectivity index (χ1) is 10.0. The Morgan fingerprint density at radius 3 is 2.81 bits per heavy atom. The molecule has 0 saturated heterocycles. The smallest absolute Gasteiger partial charge is 0.250 e. The number of nitrogens with two attached hydrogens (primary N) is 1. The van der Waals surface area contributed by atoms with Gasteiger partial charge in [0, 0.05) is 15.2 Å². The van der Waals surface area contributed by atoms with Crippen LogP contribution in [0.4, 0.5) is 11.4 Å². The van der Waals surface area contributed by atoms with Gasteiger partial charge in [-0.2, -0.15) is 0 Å². The van der Waals surface area contributed by atoms with Gasteiger partial charge in [-0.15, -0.1) is 0 Å². The molecule has 4 nitrogen and oxygen atoms in total. The fraction of sp³-hybridized carbons (Fsp3) is 0.133. The van der Waals surface area contributed by atoms with E-state index in [1.807, 2.05) is 12.1 Å². The lowest BCUT2D eigenvalue weighted by atomic mass is 10.2. The number of halogens is 2. The third-order valence-electron chi connectivity index (χ3n) is 2.66. The predicted octanol–water partition coefficient (Wildman–Crippen LogP) is 3.84. The summed E-state index contributed by atoms with van der Waals surface area (Å²) in [6, 6.07) is 12.5. The van der Waals surface area contributed by atoms with Crippen LogP contribution in [0.3, 0.4) is 0 Å². The van der Waals surface area contributed by atoms with Gasteiger partial charge in [-0.3, -0.25) is 4.79 Å². The number of benzene rings is 2. The maximum Gasteiger partial charge on any atom is 0.250 e. The lowest BCUT2D eigenvalue weighted by Gasteiger charge is -2.09. The molecule has 2 aromatic rings. The highest BCUT2D eigenvalue weighted by Crippen LogP contribution is 2.24. The lowest BCUT2D eigenvalue weighted by molar-refractivity contribution is -0.121. The molecule has 0 aromatic heterocycles. The Balaban J connectivity index is 1.82. The molecule has 0 bridgehead atoms. The van der Waals surface area contributed by atoms with Crippen LogP contribution in [0.5, 0.6) is 0 Å². The molecule has 21 heavy (non-hydrogen) atoms. The van der Waals surface area contributed by atoms with Gasteiger partial charge in [0.1, 0.15) is 6.61 Å². The number of carbonyl (C=O) groups is 1. The minimum Gasteiger partial charge on any atom is -0.399 e. The highest BCUT2D eigenvalue weighted by atomic mass is 79.9. The van der Waals surface area contributed by atoms with Crippen LogP contribution < -0.4 is 11.1 Å². The molecule has 0 saturated carbocycles. The van der Waals surface area contributed by atoms with Gasteiger partial charge in [0.25, 0.3) is 0 Å². The highest BCUT2D eigenvalue weighted by molar-refractivity contribution is 9.10. The van der Waals surface area contributed by atoms with Crippen molar-refractivity contribution in [2.75, 3.05) is 17.7 Å². The number of anilines is 2. The Kier molecular flexibility index (Phi) is 5.61. The van der Waals surface area contributed by atoms with E-state index < -0.39 is 0 Å². The van der Waals surface area contributed by atoms with Crippen molar-refractivity contribution in [3.8, 4) is 0 Å². The van der Waals surface area contributed by atoms with E-state index in [1.54, 1.807) is 30.3 Å². The van der Waals surface area contributed by atoms with Crippen molar-refractivity contribution in [2.45, 2.75) is 6.61 Å². The zero-order valence-electron chi connectivity index (χ0n) is 11.1.